The molecule has 0 amide bonds. The summed E-state index contributed by atoms with van der Waals surface area (Å²) in [4.78, 5) is 13.4. The van der Waals surface area contributed by atoms with E-state index in [0.29, 0.717) is 27.3 Å². The van der Waals surface area contributed by atoms with Gasteiger partial charge in [-0.2, -0.15) is 0 Å². The SMILES string of the molecule is Cc1cc(F)cc(C)c1C(=O)c1cc2ccc(N)cc2s1. The molecular formula is C17H14FNOS. The molecule has 0 atom stereocenters. The minimum absolute atomic E-state index is 0.0650. The molecule has 0 bridgehead atoms. The summed E-state index contributed by atoms with van der Waals surface area (Å²) in [6, 6.07) is 10.2. The van der Waals surface area contributed by atoms with Gasteiger partial charge in [0.2, 0.25) is 5.78 Å². The zero-order valence-electron chi connectivity index (χ0n) is 11.7. The van der Waals surface area contributed by atoms with E-state index in [1.54, 1.807) is 13.8 Å². The minimum Gasteiger partial charge on any atom is -0.399 e. The highest BCUT2D eigenvalue weighted by Crippen LogP contribution is 2.30. The lowest BCUT2D eigenvalue weighted by atomic mass is 9.98. The van der Waals surface area contributed by atoms with Crippen LogP contribution in [0.25, 0.3) is 10.1 Å². The first-order valence-corrected chi connectivity index (χ1v) is 7.38. The molecule has 21 heavy (non-hydrogen) atoms. The predicted octanol–water partition coefficient (Wildman–Crippen LogP) is 4.47. The van der Waals surface area contributed by atoms with Crippen molar-refractivity contribution in [3.63, 3.8) is 0 Å². The molecule has 3 aromatic rings. The summed E-state index contributed by atoms with van der Waals surface area (Å²) in [5.74, 6) is -0.379. The van der Waals surface area contributed by atoms with Crippen LogP contribution in [0.15, 0.2) is 36.4 Å². The van der Waals surface area contributed by atoms with Crippen LogP contribution in [-0.2, 0) is 0 Å². The molecule has 2 N–H and O–H groups in total. The third-order valence-electron chi connectivity index (χ3n) is 3.49. The number of hydrogen-bond donors (Lipinski definition) is 1. The van der Waals surface area contributed by atoms with Gasteiger partial charge in [0.1, 0.15) is 5.82 Å². The molecule has 0 aliphatic rings. The number of ketones is 1. The van der Waals surface area contributed by atoms with E-state index in [1.807, 2.05) is 24.3 Å². The Hall–Kier alpha value is -2.20. The largest absolute Gasteiger partial charge is 0.399 e. The highest BCUT2D eigenvalue weighted by molar-refractivity contribution is 7.21. The van der Waals surface area contributed by atoms with Gasteiger partial charge in [-0.3, -0.25) is 4.79 Å². The van der Waals surface area contributed by atoms with Crippen molar-refractivity contribution in [3.05, 3.63) is 63.8 Å². The Labute approximate surface area is 126 Å². The predicted molar refractivity (Wildman–Crippen MR) is 85.5 cm³/mol. The Bertz CT molecular complexity index is 843. The minimum atomic E-state index is -0.314. The normalized spacial score (nSPS) is 11.0. The monoisotopic (exact) mass is 299 g/mol. The van der Waals surface area contributed by atoms with Crippen molar-refractivity contribution in [1.29, 1.82) is 0 Å². The molecule has 0 saturated heterocycles. The summed E-state index contributed by atoms with van der Waals surface area (Å²) in [6.07, 6.45) is 0. The number of nitrogen functional groups attached to an aromatic ring is 1. The van der Waals surface area contributed by atoms with E-state index in [9.17, 15) is 9.18 Å². The van der Waals surface area contributed by atoms with Gasteiger partial charge in [-0.15, -0.1) is 11.3 Å². The molecule has 4 heteroatoms. The summed E-state index contributed by atoms with van der Waals surface area (Å²) in [6.45, 7) is 3.52. The van der Waals surface area contributed by atoms with Crippen molar-refractivity contribution in [2.24, 2.45) is 0 Å². The summed E-state index contributed by atoms with van der Waals surface area (Å²) in [5.41, 5.74) is 8.35. The molecule has 2 aromatic carbocycles. The van der Waals surface area contributed by atoms with E-state index < -0.39 is 0 Å². The van der Waals surface area contributed by atoms with Gasteiger partial charge >= 0.3 is 0 Å². The van der Waals surface area contributed by atoms with E-state index >= 15 is 0 Å². The third-order valence-corrected chi connectivity index (χ3v) is 4.59. The summed E-state index contributed by atoms with van der Waals surface area (Å²) in [5, 5.41) is 0.995. The standard InChI is InChI=1S/C17H14FNOS/c1-9-5-12(18)6-10(2)16(9)17(20)15-7-11-3-4-13(19)8-14(11)21-15/h3-8H,19H2,1-2H3. The van der Waals surface area contributed by atoms with Crippen molar-refractivity contribution in [2.75, 3.05) is 5.73 Å². The van der Waals surface area contributed by atoms with E-state index in [1.165, 1.54) is 23.5 Å². The highest BCUT2D eigenvalue weighted by atomic mass is 32.1. The molecule has 0 fully saturated rings. The maximum absolute atomic E-state index is 13.4. The molecule has 0 aliphatic heterocycles. The van der Waals surface area contributed by atoms with E-state index in [-0.39, 0.29) is 11.6 Å². The van der Waals surface area contributed by atoms with Gasteiger partial charge in [-0.25, -0.2) is 4.39 Å². The van der Waals surface area contributed by atoms with Crippen molar-refractivity contribution < 1.29 is 9.18 Å². The molecule has 0 spiro atoms. The fourth-order valence-electron chi connectivity index (χ4n) is 2.55. The van der Waals surface area contributed by atoms with Gasteiger partial charge in [-0.05, 0) is 60.7 Å². The molecule has 0 radical (unpaired) electrons. The number of benzene rings is 2. The van der Waals surface area contributed by atoms with Crippen molar-refractivity contribution in [1.82, 2.24) is 0 Å². The molecule has 0 unspecified atom stereocenters. The fraction of sp³-hybridized carbons (Fsp3) is 0.118. The second-order valence-electron chi connectivity index (χ2n) is 5.15. The number of thiophene rings is 1. The highest BCUT2D eigenvalue weighted by Gasteiger charge is 2.18. The molecule has 0 saturated carbocycles. The van der Waals surface area contributed by atoms with E-state index in [0.717, 1.165) is 10.1 Å². The lowest BCUT2D eigenvalue weighted by Gasteiger charge is -2.07. The van der Waals surface area contributed by atoms with Crippen molar-refractivity contribution in [3.8, 4) is 0 Å². The molecule has 106 valence electrons. The molecule has 1 aromatic heterocycles. The topological polar surface area (TPSA) is 43.1 Å². The van der Waals surface area contributed by atoms with Gasteiger partial charge < -0.3 is 5.73 Å². The lowest BCUT2D eigenvalue weighted by molar-refractivity contribution is 0.104. The zero-order valence-corrected chi connectivity index (χ0v) is 12.6. The van der Waals surface area contributed by atoms with Gasteiger partial charge in [0.05, 0.1) is 4.88 Å². The first kappa shape index (κ1) is 13.8. The third kappa shape index (κ3) is 2.43. The maximum Gasteiger partial charge on any atom is 0.203 e. The Morgan fingerprint density at radius 2 is 1.76 bits per heavy atom. The zero-order chi connectivity index (χ0) is 15.1. The van der Waals surface area contributed by atoms with Crippen LogP contribution in [0.2, 0.25) is 0 Å². The Balaban J connectivity index is 2.12. The number of hydrogen-bond acceptors (Lipinski definition) is 3. The number of anilines is 1. The summed E-state index contributed by atoms with van der Waals surface area (Å²) in [7, 11) is 0. The Morgan fingerprint density at radius 3 is 2.43 bits per heavy atom. The molecule has 3 rings (SSSR count). The number of fused-ring (bicyclic) bond motifs is 1. The molecule has 1 heterocycles. The van der Waals surface area contributed by atoms with E-state index in [4.69, 9.17) is 5.73 Å². The smallest absolute Gasteiger partial charge is 0.203 e. The summed E-state index contributed by atoms with van der Waals surface area (Å²) < 4.78 is 14.3. The average Bonchev–Trinajstić information content (AvgIpc) is 2.80. The number of nitrogens with two attached hydrogens (primary N) is 1. The van der Waals surface area contributed by atoms with Crippen LogP contribution in [0.4, 0.5) is 10.1 Å². The van der Waals surface area contributed by atoms with E-state index in [2.05, 4.69) is 0 Å². The first-order valence-electron chi connectivity index (χ1n) is 6.56. The van der Waals surface area contributed by atoms with Crippen LogP contribution in [0, 0.1) is 19.7 Å². The molecular weight excluding hydrogens is 285 g/mol. The Kier molecular flexibility index (Phi) is 3.26. The van der Waals surface area contributed by atoms with Crippen LogP contribution in [0.5, 0.6) is 0 Å². The fourth-order valence-corrected chi connectivity index (χ4v) is 3.61. The van der Waals surface area contributed by atoms with Crippen LogP contribution < -0.4 is 5.73 Å². The molecule has 2 nitrogen and oxygen atoms in total. The quantitative estimate of drug-likeness (QED) is 0.560. The Morgan fingerprint density at radius 1 is 1.10 bits per heavy atom. The number of halogens is 1. The molecule has 0 aliphatic carbocycles. The van der Waals surface area contributed by atoms with Crippen LogP contribution in [0.1, 0.15) is 26.4 Å². The van der Waals surface area contributed by atoms with Crippen molar-refractivity contribution >= 4 is 32.9 Å². The van der Waals surface area contributed by atoms with Crippen molar-refractivity contribution in [2.45, 2.75) is 13.8 Å². The van der Waals surface area contributed by atoms with Gasteiger partial charge in [0, 0.05) is 16.0 Å². The number of aryl methyl sites for hydroxylation is 2. The number of rotatable bonds is 2. The maximum atomic E-state index is 13.4. The number of carbonyl (C=O) groups is 1. The van der Waals surface area contributed by atoms with Gasteiger partial charge in [0.15, 0.2) is 0 Å². The first-order chi connectivity index (χ1) is 9.95. The van der Waals surface area contributed by atoms with Gasteiger partial charge in [0.25, 0.3) is 0 Å². The lowest BCUT2D eigenvalue weighted by Crippen LogP contribution is -2.05. The average molecular weight is 299 g/mol. The van der Waals surface area contributed by atoms with Gasteiger partial charge in [-0.1, -0.05) is 6.07 Å². The van der Waals surface area contributed by atoms with Crippen LogP contribution >= 0.6 is 11.3 Å². The van der Waals surface area contributed by atoms with Crippen LogP contribution in [0.3, 0.4) is 0 Å². The number of carbonyl (C=O) groups excluding carboxylic acids is 1. The second kappa shape index (κ2) is 4.97. The van der Waals surface area contributed by atoms with Crippen LogP contribution in [-0.4, -0.2) is 5.78 Å². The second-order valence-corrected chi connectivity index (χ2v) is 6.24. The summed E-state index contributed by atoms with van der Waals surface area (Å²) >= 11 is 1.41.